The topological polar surface area (TPSA) is 78.9 Å². The van der Waals surface area contributed by atoms with Gasteiger partial charge < -0.3 is 14.2 Å². The second kappa shape index (κ2) is 10.8. The van der Waals surface area contributed by atoms with Crippen molar-refractivity contribution in [2.24, 2.45) is 11.8 Å². The lowest BCUT2D eigenvalue weighted by atomic mass is 9.84. The molecule has 2 atom stereocenters. The molecule has 0 spiro atoms. The molecule has 1 aromatic carbocycles. The summed E-state index contributed by atoms with van der Waals surface area (Å²) >= 11 is 0. The first-order chi connectivity index (χ1) is 12.1. The Morgan fingerprint density at radius 3 is 2.08 bits per heavy atom. The van der Waals surface area contributed by atoms with Gasteiger partial charge >= 0.3 is 15.1 Å². The SMILES string of the molecule is CCOC(=O)C(C(=O)c1c(OC)cccc1OC)C1CCCC1.O=[PH2+]. The summed E-state index contributed by atoms with van der Waals surface area (Å²) in [5.74, 6) is -0.649. The van der Waals surface area contributed by atoms with Crippen molar-refractivity contribution < 1.29 is 28.4 Å². The molecule has 0 bridgehead atoms. The number of carbonyl (C=O) groups excluding carboxylic acids is 2. The predicted molar refractivity (Wildman–Crippen MR) is 96.4 cm³/mol. The Kier molecular flexibility index (Phi) is 9.14. The van der Waals surface area contributed by atoms with Gasteiger partial charge in [0.15, 0.2) is 5.78 Å². The van der Waals surface area contributed by atoms with Gasteiger partial charge in [0.2, 0.25) is 0 Å². The minimum atomic E-state index is -0.789. The monoisotopic (exact) mass is 369 g/mol. The molecule has 2 rings (SSSR count). The number of benzene rings is 1. The average Bonchev–Trinajstić information content (AvgIpc) is 3.17. The molecule has 1 aromatic rings. The van der Waals surface area contributed by atoms with Crippen LogP contribution in [0.5, 0.6) is 11.5 Å². The molecule has 25 heavy (non-hydrogen) atoms. The Morgan fingerprint density at radius 2 is 1.64 bits per heavy atom. The summed E-state index contributed by atoms with van der Waals surface area (Å²) in [4.78, 5) is 25.6. The molecule has 0 saturated heterocycles. The van der Waals surface area contributed by atoms with Crippen molar-refractivity contribution in [3.63, 3.8) is 0 Å². The maximum atomic E-state index is 13.1. The van der Waals surface area contributed by atoms with Crippen LogP contribution in [0.3, 0.4) is 0 Å². The van der Waals surface area contributed by atoms with Crippen LogP contribution in [0.25, 0.3) is 0 Å². The summed E-state index contributed by atoms with van der Waals surface area (Å²) in [6.07, 6.45) is 3.81. The molecule has 138 valence electrons. The van der Waals surface area contributed by atoms with Crippen molar-refractivity contribution in [1.82, 2.24) is 0 Å². The molecule has 2 unspecified atom stereocenters. The zero-order valence-electron chi connectivity index (χ0n) is 14.9. The molecule has 6 nitrogen and oxygen atoms in total. The maximum Gasteiger partial charge on any atom is 0.317 e. The first kappa shape index (κ1) is 21.1. The highest BCUT2D eigenvalue weighted by atomic mass is 31.0. The fraction of sp³-hybridized carbons (Fsp3) is 0.556. The zero-order chi connectivity index (χ0) is 18.8. The number of hydrogen-bond donors (Lipinski definition) is 0. The van der Waals surface area contributed by atoms with E-state index in [0.717, 1.165) is 25.7 Å². The van der Waals surface area contributed by atoms with Gasteiger partial charge in [-0.25, -0.2) is 0 Å². The molecular weight excluding hydrogens is 343 g/mol. The molecule has 0 N–H and O–H groups in total. The molecule has 0 heterocycles. The van der Waals surface area contributed by atoms with E-state index in [0.29, 0.717) is 17.1 Å². The van der Waals surface area contributed by atoms with Crippen molar-refractivity contribution in [3.8, 4) is 11.5 Å². The first-order valence-electron chi connectivity index (χ1n) is 8.29. The Hall–Kier alpha value is -1.94. The van der Waals surface area contributed by atoms with E-state index in [1.54, 1.807) is 25.1 Å². The van der Waals surface area contributed by atoms with Gasteiger partial charge in [0.05, 0.1) is 20.8 Å². The van der Waals surface area contributed by atoms with Crippen molar-refractivity contribution in [2.75, 3.05) is 20.8 Å². The molecular formula is C18H26O6P+. The third kappa shape index (κ3) is 5.02. The molecule has 0 aliphatic heterocycles. The fourth-order valence-electron chi connectivity index (χ4n) is 3.29. The Morgan fingerprint density at radius 1 is 1.12 bits per heavy atom. The standard InChI is InChI=1S/C18H24O5.H2OP/c1-4-23-18(20)15(12-8-5-6-9-12)17(19)16-13(21-2)10-7-11-14(16)22-3;1-2/h7,10-12,15H,4-6,8-9H2,1-3H3;2H2/q;+1. The van der Waals surface area contributed by atoms with Gasteiger partial charge in [-0.15, -0.1) is 0 Å². The number of hydrogen-bond acceptors (Lipinski definition) is 6. The van der Waals surface area contributed by atoms with Gasteiger partial charge in [-0.2, -0.15) is 0 Å². The van der Waals surface area contributed by atoms with E-state index in [9.17, 15) is 9.59 Å². The number of carbonyl (C=O) groups is 2. The minimum absolute atomic E-state index is 0.0242. The lowest BCUT2D eigenvalue weighted by Gasteiger charge is -2.22. The number of ether oxygens (including phenoxy) is 3. The Bertz CT molecular complexity index is 561. The molecule has 7 heteroatoms. The van der Waals surface area contributed by atoms with Crippen LogP contribution in [0.1, 0.15) is 43.0 Å². The highest BCUT2D eigenvalue weighted by Crippen LogP contribution is 2.38. The number of rotatable bonds is 7. The van der Waals surface area contributed by atoms with Gasteiger partial charge in [0, 0.05) is 0 Å². The third-order valence-corrected chi connectivity index (χ3v) is 4.37. The minimum Gasteiger partial charge on any atom is -0.496 e. The smallest absolute Gasteiger partial charge is 0.317 e. The maximum absolute atomic E-state index is 13.1. The number of ketones is 1. The first-order valence-corrected chi connectivity index (χ1v) is 8.76. The number of methoxy groups -OCH3 is 2. The highest BCUT2D eigenvalue weighted by molar-refractivity contribution is 7.00. The van der Waals surface area contributed by atoms with Crippen molar-refractivity contribution in [1.29, 1.82) is 0 Å². The summed E-state index contributed by atoms with van der Waals surface area (Å²) in [5, 5.41) is 0. The molecule has 1 saturated carbocycles. The van der Waals surface area contributed by atoms with Crippen LogP contribution >= 0.6 is 9.12 Å². The van der Waals surface area contributed by atoms with E-state index in [1.165, 1.54) is 23.3 Å². The van der Waals surface area contributed by atoms with Crippen molar-refractivity contribution in [3.05, 3.63) is 23.8 Å². The lowest BCUT2D eigenvalue weighted by Crippen LogP contribution is -2.32. The van der Waals surface area contributed by atoms with Crippen molar-refractivity contribution in [2.45, 2.75) is 32.6 Å². The van der Waals surface area contributed by atoms with E-state index in [2.05, 4.69) is 0 Å². The molecule has 0 aromatic heterocycles. The molecule has 0 radical (unpaired) electrons. The van der Waals surface area contributed by atoms with E-state index < -0.39 is 11.9 Å². The third-order valence-electron chi connectivity index (χ3n) is 4.37. The fourth-order valence-corrected chi connectivity index (χ4v) is 3.29. The number of Topliss-reactive ketones (excluding diaryl/α,β-unsaturated/α-hetero) is 1. The Labute approximate surface area is 150 Å². The summed E-state index contributed by atoms with van der Waals surface area (Å²) in [6.45, 7) is 2.01. The van der Waals surface area contributed by atoms with Gasteiger partial charge in [-0.05, 0) is 37.8 Å². The average molecular weight is 369 g/mol. The second-order valence-corrected chi connectivity index (χ2v) is 5.68. The molecule has 1 aliphatic rings. The van der Waals surface area contributed by atoms with Crippen LogP contribution in [0.2, 0.25) is 0 Å². The number of esters is 1. The predicted octanol–water partition coefficient (Wildman–Crippen LogP) is 3.46. The summed E-state index contributed by atoms with van der Waals surface area (Å²) < 4.78 is 23.9. The van der Waals surface area contributed by atoms with Gasteiger partial charge in [0.1, 0.15) is 23.0 Å². The van der Waals surface area contributed by atoms with E-state index in [-0.39, 0.29) is 18.3 Å². The van der Waals surface area contributed by atoms with Crippen LogP contribution in [0, 0.1) is 11.8 Å². The van der Waals surface area contributed by atoms with Crippen LogP contribution < -0.4 is 9.47 Å². The van der Waals surface area contributed by atoms with Crippen LogP contribution in [-0.2, 0) is 14.1 Å². The van der Waals surface area contributed by atoms with E-state index >= 15 is 0 Å². The van der Waals surface area contributed by atoms with Crippen molar-refractivity contribution >= 4 is 20.9 Å². The summed E-state index contributed by atoms with van der Waals surface area (Å²) in [6, 6.07) is 5.16. The quantitative estimate of drug-likeness (QED) is 0.317. The summed E-state index contributed by atoms with van der Waals surface area (Å²) in [7, 11) is 4.17. The summed E-state index contributed by atoms with van der Waals surface area (Å²) in [5.41, 5.74) is 0.322. The molecule has 1 aliphatic carbocycles. The van der Waals surface area contributed by atoms with Gasteiger partial charge in [-0.1, -0.05) is 23.5 Å². The second-order valence-electron chi connectivity index (χ2n) is 5.68. The molecule has 1 fully saturated rings. The largest absolute Gasteiger partial charge is 0.496 e. The van der Waals surface area contributed by atoms with E-state index in [4.69, 9.17) is 18.8 Å². The van der Waals surface area contributed by atoms with E-state index in [1.807, 2.05) is 0 Å². The van der Waals surface area contributed by atoms with Crippen LogP contribution in [0.15, 0.2) is 18.2 Å². The van der Waals surface area contributed by atoms with Crippen LogP contribution in [-0.4, -0.2) is 32.6 Å². The van der Waals surface area contributed by atoms with Crippen LogP contribution in [0.4, 0.5) is 0 Å². The van der Waals surface area contributed by atoms with Gasteiger partial charge in [0.25, 0.3) is 0 Å². The zero-order valence-corrected chi connectivity index (χ0v) is 16.1. The lowest BCUT2D eigenvalue weighted by molar-refractivity contribution is -0.147. The molecule has 0 amide bonds. The normalized spacial score (nSPS) is 14.8. The Balaban J connectivity index is 0.00000151. The highest BCUT2D eigenvalue weighted by Gasteiger charge is 2.40. The van der Waals surface area contributed by atoms with Gasteiger partial charge in [-0.3, -0.25) is 9.59 Å².